The molecule has 0 radical (unpaired) electrons. The lowest BCUT2D eigenvalue weighted by molar-refractivity contribution is 0.0664. The zero-order valence-corrected chi connectivity index (χ0v) is 21.4. The van der Waals surface area contributed by atoms with E-state index in [2.05, 4.69) is 11.1 Å². The number of aromatic nitrogens is 2. The molecule has 37 heavy (non-hydrogen) atoms. The Morgan fingerprint density at radius 2 is 1.70 bits per heavy atom. The molecule has 0 saturated heterocycles. The van der Waals surface area contributed by atoms with Crippen molar-refractivity contribution < 1.29 is 18.0 Å². The lowest BCUT2D eigenvalue weighted by Crippen LogP contribution is -2.35. The monoisotopic (exact) mass is 532 g/mol. The molecule has 0 spiro atoms. The topological polar surface area (TPSA) is 113 Å². The summed E-state index contributed by atoms with van der Waals surface area (Å²) in [6.45, 7) is -0.197. The van der Waals surface area contributed by atoms with Crippen molar-refractivity contribution in [2.24, 2.45) is 7.05 Å². The zero-order chi connectivity index (χ0) is 26.3. The van der Waals surface area contributed by atoms with Crippen LogP contribution in [0, 0.1) is 11.3 Å². The van der Waals surface area contributed by atoms with Crippen molar-refractivity contribution in [3.05, 3.63) is 88.2 Å². The summed E-state index contributed by atoms with van der Waals surface area (Å²) in [4.78, 5) is 30.3. The number of hydrogen-bond acceptors (Lipinski definition) is 6. The first-order chi connectivity index (χ1) is 17.7. The van der Waals surface area contributed by atoms with E-state index in [4.69, 9.17) is 11.6 Å². The van der Waals surface area contributed by atoms with Crippen molar-refractivity contribution >= 4 is 44.2 Å². The fraction of sp³-hybridized carbons (Fsp3) is 0.185. The van der Waals surface area contributed by atoms with E-state index >= 15 is 0 Å². The Labute approximate surface area is 218 Å². The van der Waals surface area contributed by atoms with Crippen molar-refractivity contribution in [2.45, 2.75) is 6.42 Å². The van der Waals surface area contributed by atoms with Gasteiger partial charge in [-0.25, -0.2) is 8.42 Å². The van der Waals surface area contributed by atoms with Crippen molar-refractivity contribution in [3.8, 4) is 17.3 Å². The van der Waals surface area contributed by atoms with Crippen LogP contribution in [-0.4, -0.2) is 52.7 Å². The van der Waals surface area contributed by atoms with E-state index in [0.717, 1.165) is 15.8 Å². The van der Waals surface area contributed by atoms with Gasteiger partial charge in [-0.2, -0.15) is 5.26 Å². The van der Waals surface area contributed by atoms with E-state index in [0.29, 0.717) is 38.5 Å². The van der Waals surface area contributed by atoms with Crippen LogP contribution in [0.4, 0.5) is 0 Å². The number of pyridine rings is 1. The Balaban J connectivity index is 1.31. The van der Waals surface area contributed by atoms with Crippen LogP contribution < -0.4 is 0 Å². The number of rotatable bonds is 7. The Kier molecular flexibility index (Phi) is 6.31. The van der Waals surface area contributed by atoms with E-state index in [1.807, 2.05) is 17.7 Å². The number of nitriles is 1. The van der Waals surface area contributed by atoms with Gasteiger partial charge in [-0.1, -0.05) is 23.7 Å². The fourth-order valence-electron chi connectivity index (χ4n) is 4.66. The molecule has 0 bridgehead atoms. The molecule has 1 aliphatic rings. The molecule has 3 heterocycles. The van der Waals surface area contributed by atoms with Crippen LogP contribution in [-0.2, 0) is 23.3 Å². The average molecular weight is 533 g/mol. The molecule has 0 atom stereocenters. The molecule has 186 valence electrons. The number of nitrogens with zero attached hydrogens (tertiary/aromatic N) is 4. The van der Waals surface area contributed by atoms with E-state index in [9.17, 15) is 23.3 Å². The minimum Gasteiger partial charge on any atom is -0.342 e. The highest BCUT2D eigenvalue weighted by atomic mass is 35.5. The van der Waals surface area contributed by atoms with Gasteiger partial charge in [0.05, 0.1) is 39.4 Å². The number of imide groups is 1. The van der Waals surface area contributed by atoms with Gasteiger partial charge < -0.3 is 4.57 Å². The molecule has 0 unspecified atom stereocenters. The molecule has 2 aromatic heterocycles. The van der Waals surface area contributed by atoms with Gasteiger partial charge in [0.1, 0.15) is 6.07 Å². The second-order valence-electron chi connectivity index (χ2n) is 8.85. The van der Waals surface area contributed by atoms with E-state index in [1.165, 1.54) is 0 Å². The van der Waals surface area contributed by atoms with Crippen molar-refractivity contribution in [1.82, 2.24) is 14.5 Å². The van der Waals surface area contributed by atoms with Crippen LogP contribution in [0.2, 0.25) is 5.02 Å². The predicted octanol–water partition coefficient (Wildman–Crippen LogP) is 4.02. The van der Waals surface area contributed by atoms with Gasteiger partial charge >= 0.3 is 0 Å². The standard InChI is InChI=1S/C27H21ClN4O4S/c1-31-24-13-19(28)6-7-20(24)23(14-29)25(31)18-12-17(15-30-16-18)8-10-37(35,36)11-9-32-26(33)21-4-2-3-5-22(21)27(32)34/h2-7,12-13,15-16H,8-11H2,1H3. The third-order valence-electron chi connectivity index (χ3n) is 6.55. The number of benzene rings is 2. The van der Waals surface area contributed by atoms with Crippen LogP contribution in [0.15, 0.2) is 60.9 Å². The van der Waals surface area contributed by atoms with E-state index < -0.39 is 21.7 Å². The first-order valence-corrected chi connectivity index (χ1v) is 13.7. The van der Waals surface area contributed by atoms with Gasteiger partial charge in [0.15, 0.2) is 9.84 Å². The summed E-state index contributed by atoms with van der Waals surface area (Å²) in [5, 5.41) is 11.2. The number of aryl methyl sites for hydroxylation is 2. The van der Waals surface area contributed by atoms with Crippen LogP contribution in [0.25, 0.3) is 22.2 Å². The maximum Gasteiger partial charge on any atom is 0.261 e. The SMILES string of the molecule is Cn1c(-c2cncc(CCS(=O)(=O)CCN3C(=O)c4ccccc4C3=O)c2)c(C#N)c2ccc(Cl)cc21. The smallest absolute Gasteiger partial charge is 0.261 e. The number of carbonyl (C=O) groups is 2. The molecular formula is C27H21ClN4O4S. The maximum absolute atomic E-state index is 12.8. The third kappa shape index (κ3) is 4.50. The number of sulfone groups is 1. The Hall–Kier alpha value is -4.00. The summed E-state index contributed by atoms with van der Waals surface area (Å²) in [7, 11) is -1.73. The summed E-state index contributed by atoms with van der Waals surface area (Å²) in [5.74, 6) is -1.44. The zero-order valence-electron chi connectivity index (χ0n) is 19.8. The van der Waals surface area contributed by atoms with Gasteiger partial charge in [-0.3, -0.25) is 19.5 Å². The minimum absolute atomic E-state index is 0.170. The molecule has 0 saturated carbocycles. The second-order valence-corrected chi connectivity index (χ2v) is 11.6. The average Bonchev–Trinajstić information content (AvgIpc) is 3.31. The molecule has 8 nitrogen and oxygen atoms in total. The Bertz CT molecular complexity index is 1700. The quantitative estimate of drug-likeness (QED) is 0.332. The van der Waals surface area contributed by atoms with Gasteiger partial charge in [0.25, 0.3) is 11.8 Å². The molecule has 0 fully saturated rings. The maximum atomic E-state index is 12.8. The van der Waals surface area contributed by atoms with E-state index in [-0.39, 0.29) is 24.5 Å². The van der Waals surface area contributed by atoms with Crippen molar-refractivity contribution in [1.29, 1.82) is 5.26 Å². The van der Waals surface area contributed by atoms with Crippen molar-refractivity contribution in [2.75, 3.05) is 18.1 Å². The van der Waals surface area contributed by atoms with Gasteiger partial charge in [0.2, 0.25) is 0 Å². The molecule has 0 N–H and O–H groups in total. The number of fused-ring (bicyclic) bond motifs is 2. The van der Waals surface area contributed by atoms with Crippen LogP contribution in [0.5, 0.6) is 0 Å². The molecule has 5 rings (SSSR count). The summed E-state index contributed by atoms with van der Waals surface area (Å²) in [5.41, 5.74) is 3.92. The molecular weight excluding hydrogens is 512 g/mol. The minimum atomic E-state index is -3.57. The van der Waals surface area contributed by atoms with Gasteiger partial charge in [-0.15, -0.1) is 0 Å². The number of amides is 2. The summed E-state index contributed by atoms with van der Waals surface area (Å²) in [6, 6.07) is 15.9. The molecule has 10 heteroatoms. The highest BCUT2D eigenvalue weighted by molar-refractivity contribution is 7.91. The number of carbonyl (C=O) groups excluding carboxylic acids is 2. The highest BCUT2D eigenvalue weighted by Crippen LogP contribution is 2.34. The first kappa shape index (κ1) is 24.7. The van der Waals surface area contributed by atoms with Crippen molar-refractivity contribution in [3.63, 3.8) is 0 Å². The molecule has 2 aromatic carbocycles. The predicted molar refractivity (Wildman–Crippen MR) is 140 cm³/mol. The first-order valence-electron chi connectivity index (χ1n) is 11.5. The largest absolute Gasteiger partial charge is 0.342 e. The third-order valence-corrected chi connectivity index (χ3v) is 8.41. The lowest BCUT2D eigenvalue weighted by atomic mass is 10.1. The molecule has 2 amide bonds. The van der Waals surface area contributed by atoms with E-state index in [1.54, 1.807) is 54.9 Å². The summed E-state index contributed by atoms with van der Waals surface area (Å²) < 4.78 is 27.4. The second kappa shape index (κ2) is 9.47. The molecule has 4 aromatic rings. The van der Waals surface area contributed by atoms with Crippen LogP contribution >= 0.6 is 11.6 Å². The normalized spacial score (nSPS) is 13.3. The molecule has 1 aliphatic heterocycles. The highest BCUT2D eigenvalue weighted by Gasteiger charge is 2.35. The Morgan fingerprint density at radius 3 is 2.38 bits per heavy atom. The van der Waals surface area contributed by atoms with Gasteiger partial charge in [0, 0.05) is 42.0 Å². The van der Waals surface area contributed by atoms with Gasteiger partial charge in [-0.05, 0) is 48.4 Å². The number of hydrogen-bond donors (Lipinski definition) is 0. The number of halogens is 1. The fourth-order valence-corrected chi connectivity index (χ4v) is 6.04. The Morgan fingerprint density at radius 1 is 1.00 bits per heavy atom. The lowest BCUT2D eigenvalue weighted by Gasteiger charge is -2.14. The van der Waals surface area contributed by atoms with Crippen LogP contribution in [0.3, 0.4) is 0 Å². The summed E-state index contributed by atoms with van der Waals surface area (Å²) in [6.07, 6.45) is 3.43. The van der Waals surface area contributed by atoms with Crippen LogP contribution in [0.1, 0.15) is 31.8 Å². The summed E-state index contributed by atoms with van der Waals surface area (Å²) >= 11 is 6.15. The molecule has 0 aliphatic carbocycles.